The third-order valence-corrected chi connectivity index (χ3v) is 3.50. The van der Waals surface area contributed by atoms with Crippen molar-refractivity contribution in [2.24, 2.45) is 0 Å². The first-order chi connectivity index (χ1) is 11.0. The number of benzene rings is 1. The zero-order valence-corrected chi connectivity index (χ0v) is 12.9. The Bertz CT molecular complexity index is 726. The van der Waals surface area contributed by atoms with Gasteiger partial charge in [0.1, 0.15) is 11.4 Å². The number of hydrogen-bond donors (Lipinski definition) is 2. The highest BCUT2D eigenvalue weighted by Crippen LogP contribution is 2.24. The Morgan fingerprint density at radius 2 is 1.87 bits per heavy atom. The minimum absolute atomic E-state index is 0.0937. The number of fused-ring (bicyclic) bond motifs is 1. The summed E-state index contributed by atoms with van der Waals surface area (Å²) in [6.45, 7) is 2.70. The fourth-order valence-electron chi connectivity index (χ4n) is 2.30. The molecular weight excluding hydrogens is 298 g/mol. The minimum atomic E-state index is -1.26. The maximum absolute atomic E-state index is 11.4. The fourth-order valence-corrected chi connectivity index (χ4v) is 2.30. The lowest BCUT2D eigenvalue weighted by atomic mass is 10.1. The third-order valence-electron chi connectivity index (χ3n) is 3.50. The number of nitrogens with zero attached hydrogens (tertiary/aromatic N) is 1. The lowest BCUT2D eigenvalue weighted by Gasteiger charge is -2.09. The Morgan fingerprint density at radius 3 is 2.52 bits per heavy atom. The van der Waals surface area contributed by atoms with Crippen LogP contribution in [0.3, 0.4) is 0 Å². The van der Waals surface area contributed by atoms with E-state index in [0.717, 1.165) is 31.7 Å². The van der Waals surface area contributed by atoms with Gasteiger partial charge in [0.25, 0.3) is 0 Å². The van der Waals surface area contributed by atoms with Crippen LogP contribution in [-0.2, 0) is 0 Å². The van der Waals surface area contributed by atoms with Crippen LogP contribution in [0, 0.1) is 0 Å². The lowest BCUT2D eigenvalue weighted by Crippen LogP contribution is -2.06. The molecular formula is C17H19NO5. The topological polar surface area (TPSA) is 96.7 Å². The average molecular weight is 317 g/mol. The molecule has 0 aliphatic rings. The first-order valence-corrected chi connectivity index (χ1v) is 7.57. The molecule has 0 amide bonds. The first-order valence-electron chi connectivity index (χ1n) is 7.57. The van der Waals surface area contributed by atoms with Crippen molar-refractivity contribution in [3.63, 3.8) is 0 Å². The Kier molecular flexibility index (Phi) is 5.51. The summed E-state index contributed by atoms with van der Waals surface area (Å²) in [5, 5.41) is 18.7. The van der Waals surface area contributed by atoms with E-state index in [-0.39, 0.29) is 11.3 Å². The van der Waals surface area contributed by atoms with Gasteiger partial charge in [-0.05, 0) is 30.7 Å². The Hall–Kier alpha value is -2.63. The standard InChI is InChI=1S/C17H19NO5/c1-2-3-4-5-8-23-11-6-7-14-12(9-11)13(16(19)20)10-15(18-14)17(21)22/h6-7,9-10H,2-5,8H2,1H3,(H,19,20)(H,21,22). The van der Waals surface area contributed by atoms with Crippen LogP contribution in [0.15, 0.2) is 24.3 Å². The number of carboxylic acid groups (broad SMARTS) is 2. The number of rotatable bonds is 8. The number of hydrogen-bond acceptors (Lipinski definition) is 4. The van der Waals surface area contributed by atoms with E-state index in [1.54, 1.807) is 18.2 Å². The maximum Gasteiger partial charge on any atom is 0.354 e. The summed E-state index contributed by atoms with van der Waals surface area (Å²) in [7, 11) is 0. The van der Waals surface area contributed by atoms with Crippen LogP contribution in [0.4, 0.5) is 0 Å². The van der Waals surface area contributed by atoms with Crippen molar-refractivity contribution in [3.8, 4) is 5.75 Å². The molecule has 2 rings (SSSR count). The predicted octanol–water partition coefficient (Wildman–Crippen LogP) is 3.59. The molecule has 0 unspecified atom stereocenters. The van der Waals surface area contributed by atoms with Gasteiger partial charge in [-0.1, -0.05) is 26.2 Å². The molecule has 122 valence electrons. The molecule has 0 aliphatic carbocycles. The minimum Gasteiger partial charge on any atom is -0.494 e. The normalized spacial score (nSPS) is 10.7. The van der Waals surface area contributed by atoms with Gasteiger partial charge in [-0.15, -0.1) is 0 Å². The van der Waals surface area contributed by atoms with Gasteiger partial charge < -0.3 is 14.9 Å². The SMILES string of the molecule is CCCCCCOc1ccc2nc(C(=O)O)cc(C(=O)O)c2c1. The number of carbonyl (C=O) groups is 2. The van der Waals surface area contributed by atoms with E-state index >= 15 is 0 Å². The zero-order chi connectivity index (χ0) is 16.8. The third kappa shape index (κ3) is 4.18. The quantitative estimate of drug-likeness (QED) is 0.722. The Morgan fingerprint density at radius 1 is 1.09 bits per heavy atom. The summed E-state index contributed by atoms with van der Waals surface area (Å²) in [5.41, 5.74) is -0.0624. The number of pyridine rings is 1. The zero-order valence-electron chi connectivity index (χ0n) is 12.9. The first kappa shape index (κ1) is 16.7. The maximum atomic E-state index is 11.4. The van der Waals surface area contributed by atoms with Gasteiger partial charge in [-0.2, -0.15) is 0 Å². The monoisotopic (exact) mass is 317 g/mol. The number of carboxylic acids is 2. The molecule has 1 aromatic heterocycles. The van der Waals surface area contributed by atoms with Crippen molar-refractivity contribution in [1.82, 2.24) is 4.98 Å². The van der Waals surface area contributed by atoms with Crippen LogP contribution in [0.2, 0.25) is 0 Å². The number of aromatic carboxylic acids is 2. The van der Waals surface area contributed by atoms with Gasteiger partial charge >= 0.3 is 11.9 Å². The van der Waals surface area contributed by atoms with Gasteiger partial charge in [0.2, 0.25) is 0 Å². The highest BCUT2D eigenvalue weighted by Gasteiger charge is 2.16. The number of ether oxygens (including phenoxy) is 1. The van der Waals surface area contributed by atoms with Crippen LogP contribution in [0.1, 0.15) is 53.5 Å². The van der Waals surface area contributed by atoms with Crippen LogP contribution in [0.25, 0.3) is 10.9 Å². The van der Waals surface area contributed by atoms with E-state index in [0.29, 0.717) is 23.3 Å². The van der Waals surface area contributed by atoms with Crippen molar-refractivity contribution in [2.45, 2.75) is 32.6 Å². The van der Waals surface area contributed by atoms with E-state index in [4.69, 9.17) is 9.84 Å². The number of unbranched alkanes of at least 4 members (excludes halogenated alkanes) is 3. The molecule has 0 atom stereocenters. The molecule has 0 radical (unpaired) electrons. The van der Waals surface area contributed by atoms with Gasteiger partial charge in [-0.3, -0.25) is 0 Å². The highest BCUT2D eigenvalue weighted by atomic mass is 16.5. The molecule has 2 aromatic rings. The number of aromatic nitrogens is 1. The molecule has 0 bridgehead atoms. The molecule has 1 aromatic carbocycles. The van der Waals surface area contributed by atoms with Crippen molar-refractivity contribution < 1.29 is 24.5 Å². The van der Waals surface area contributed by atoms with Crippen LogP contribution >= 0.6 is 0 Å². The fraction of sp³-hybridized carbons (Fsp3) is 0.353. The van der Waals surface area contributed by atoms with E-state index in [9.17, 15) is 14.7 Å². The summed E-state index contributed by atoms with van der Waals surface area (Å²) < 4.78 is 5.64. The molecule has 0 fully saturated rings. The van der Waals surface area contributed by atoms with Gasteiger partial charge in [0.05, 0.1) is 17.7 Å². The van der Waals surface area contributed by atoms with Gasteiger partial charge in [-0.25, -0.2) is 14.6 Å². The molecule has 0 spiro atoms. The molecule has 0 saturated heterocycles. The second-order valence-electron chi connectivity index (χ2n) is 5.25. The molecule has 0 aliphatic heterocycles. The molecule has 23 heavy (non-hydrogen) atoms. The molecule has 2 N–H and O–H groups in total. The van der Waals surface area contributed by atoms with E-state index < -0.39 is 11.9 Å². The van der Waals surface area contributed by atoms with Crippen LogP contribution < -0.4 is 4.74 Å². The average Bonchev–Trinajstić information content (AvgIpc) is 2.53. The Balaban J connectivity index is 2.27. The van der Waals surface area contributed by atoms with E-state index in [1.807, 2.05) is 0 Å². The van der Waals surface area contributed by atoms with E-state index in [1.165, 1.54) is 0 Å². The Labute approximate surface area is 133 Å². The summed E-state index contributed by atoms with van der Waals surface area (Å²) in [6, 6.07) is 5.91. The molecule has 6 nitrogen and oxygen atoms in total. The summed E-state index contributed by atoms with van der Waals surface area (Å²) >= 11 is 0. The largest absolute Gasteiger partial charge is 0.494 e. The van der Waals surface area contributed by atoms with Crippen molar-refractivity contribution in [2.75, 3.05) is 6.61 Å². The second kappa shape index (κ2) is 7.58. The van der Waals surface area contributed by atoms with Crippen molar-refractivity contribution in [1.29, 1.82) is 0 Å². The summed E-state index contributed by atoms with van der Waals surface area (Å²) in [5.74, 6) is -1.90. The van der Waals surface area contributed by atoms with Crippen molar-refractivity contribution in [3.05, 3.63) is 35.5 Å². The summed E-state index contributed by atoms with van der Waals surface area (Å²) in [6.07, 6.45) is 4.34. The van der Waals surface area contributed by atoms with Gasteiger partial charge in [0, 0.05) is 5.39 Å². The highest BCUT2D eigenvalue weighted by molar-refractivity contribution is 6.05. The molecule has 1 heterocycles. The smallest absolute Gasteiger partial charge is 0.354 e. The summed E-state index contributed by atoms with van der Waals surface area (Å²) in [4.78, 5) is 26.4. The van der Waals surface area contributed by atoms with Crippen LogP contribution in [0.5, 0.6) is 5.75 Å². The molecule has 6 heteroatoms. The predicted molar refractivity (Wildman–Crippen MR) is 85.3 cm³/mol. The lowest BCUT2D eigenvalue weighted by molar-refractivity contribution is 0.0691. The van der Waals surface area contributed by atoms with Crippen molar-refractivity contribution >= 4 is 22.8 Å². The second-order valence-corrected chi connectivity index (χ2v) is 5.25. The molecule has 0 saturated carbocycles. The van der Waals surface area contributed by atoms with Gasteiger partial charge in [0.15, 0.2) is 0 Å². The van der Waals surface area contributed by atoms with E-state index in [2.05, 4.69) is 11.9 Å². The van der Waals surface area contributed by atoms with Crippen LogP contribution in [-0.4, -0.2) is 33.7 Å².